The fraction of sp³-hybridized carbons (Fsp3) is 1.00. The Morgan fingerprint density at radius 3 is 2.62 bits per heavy atom. The van der Waals surface area contributed by atoms with Gasteiger partial charge in [0.25, 0.3) is 0 Å². The van der Waals surface area contributed by atoms with E-state index in [4.69, 9.17) is 0 Å². The summed E-state index contributed by atoms with van der Waals surface area (Å²) in [6.45, 7) is 9.68. The van der Waals surface area contributed by atoms with E-state index in [2.05, 4.69) is 30.3 Å². The van der Waals surface area contributed by atoms with Gasteiger partial charge >= 0.3 is 0 Å². The van der Waals surface area contributed by atoms with Crippen LogP contribution in [0.3, 0.4) is 0 Å². The average molecular weight is 244 g/mol. The maximum Gasteiger partial charge on any atom is 0.00915 e. The van der Waals surface area contributed by atoms with Crippen LogP contribution in [0.4, 0.5) is 0 Å². The van der Waals surface area contributed by atoms with E-state index in [-0.39, 0.29) is 0 Å². The third kappa shape index (κ3) is 5.55. The summed E-state index contributed by atoms with van der Waals surface area (Å²) in [6.07, 6.45) is 6.17. The topological polar surface area (TPSA) is 15.3 Å². The standard InChI is InChI=1S/C13H28N2S/c1-4-7-15-8-5-13(6-9-15)14-10-12(2)11-16-3/h12-14H,4-11H2,1-3H3. The van der Waals surface area contributed by atoms with Crippen LogP contribution < -0.4 is 5.32 Å². The van der Waals surface area contributed by atoms with Gasteiger partial charge in [-0.1, -0.05) is 13.8 Å². The lowest BCUT2D eigenvalue weighted by molar-refractivity contribution is 0.196. The quantitative estimate of drug-likeness (QED) is 0.740. The van der Waals surface area contributed by atoms with Crippen molar-refractivity contribution >= 4 is 11.8 Å². The Hall–Kier alpha value is 0.270. The minimum atomic E-state index is 0.775. The Morgan fingerprint density at radius 1 is 1.38 bits per heavy atom. The summed E-state index contributed by atoms with van der Waals surface area (Å²) in [7, 11) is 0. The van der Waals surface area contributed by atoms with Crippen molar-refractivity contribution in [2.45, 2.75) is 39.2 Å². The molecule has 1 atom stereocenters. The van der Waals surface area contributed by atoms with E-state index >= 15 is 0 Å². The van der Waals surface area contributed by atoms with E-state index in [9.17, 15) is 0 Å². The first kappa shape index (κ1) is 14.3. The van der Waals surface area contributed by atoms with Crippen LogP contribution in [0.15, 0.2) is 0 Å². The van der Waals surface area contributed by atoms with Crippen LogP contribution in [-0.2, 0) is 0 Å². The molecule has 1 heterocycles. The number of hydrogen-bond acceptors (Lipinski definition) is 3. The molecular weight excluding hydrogens is 216 g/mol. The van der Waals surface area contributed by atoms with Crippen LogP contribution in [0.5, 0.6) is 0 Å². The highest BCUT2D eigenvalue weighted by molar-refractivity contribution is 7.98. The van der Waals surface area contributed by atoms with Gasteiger partial charge in [0.15, 0.2) is 0 Å². The molecule has 0 spiro atoms. The summed E-state index contributed by atoms with van der Waals surface area (Å²) in [5, 5.41) is 3.73. The van der Waals surface area contributed by atoms with Crippen molar-refractivity contribution in [3.63, 3.8) is 0 Å². The number of piperidine rings is 1. The molecule has 0 saturated carbocycles. The van der Waals surface area contributed by atoms with Crippen LogP contribution in [0.1, 0.15) is 33.1 Å². The smallest absolute Gasteiger partial charge is 0.00915 e. The summed E-state index contributed by atoms with van der Waals surface area (Å²) in [5.74, 6) is 2.09. The van der Waals surface area contributed by atoms with E-state index < -0.39 is 0 Å². The Kier molecular flexibility index (Phi) is 7.50. The first-order valence-corrected chi connectivity index (χ1v) is 8.10. The molecule has 1 rings (SSSR count). The predicted molar refractivity (Wildman–Crippen MR) is 75.3 cm³/mol. The van der Waals surface area contributed by atoms with E-state index in [0.717, 1.165) is 12.0 Å². The van der Waals surface area contributed by atoms with Crippen molar-refractivity contribution in [1.82, 2.24) is 10.2 Å². The van der Waals surface area contributed by atoms with Crippen LogP contribution >= 0.6 is 11.8 Å². The van der Waals surface area contributed by atoms with E-state index in [1.165, 1.54) is 51.2 Å². The second kappa shape index (κ2) is 8.37. The number of hydrogen-bond donors (Lipinski definition) is 1. The number of likely N-dealkylation sites (tertiary alicyclic amines) is 1. The molecule has 1 unspecified atom stereocenters. The van der Waals surface area contributed by atoms with Crippen molar-refractivity contribution in [1.29, 1.82) is 0 Å². The summed E-state index contributed by atoms with van der Waals surface area (Å²) in [6, 6.07) is 0.775. The zero-order valence-electron chi connectivity index (χ0n) is 11.2. The molecule has 16 heavy (non-hydrogen) atoms. The highest BCUT2D eigenvalue weighted by atomic mass is 32.2. The van der Waals surface area contributed by atoms with Crippen molar-refractivity contribution in [3.8, 4) is 0 Å². The molecule has 1 aliphatic heterocycles. The molecular formula is C13H28N2S. The first-order chi connectivity index (χ1) is 7.76. The fourth-order valence-corrected chi connectivity index (χ4v) is 3.08. The molecule has 0 bridgehead atoms. The molecule has 1 N–H and O–H groups in total. The third-order valence-corrected chi connectivity index (χ3v) is 4.24. The summed E-state index contributed by atoms with van der Waals surface area (Å²) < 4.78 is 0. The lowest BCUT2D eigenvalue weighted by Crippen LogP contribution is -2.43. The highest BCUT2D eigenvalue weighted by Crippen LogP contribution is 2.11. The highest BCUT2D eigenvalue weighted by Gasteiger charge is 2.18. The average Bonchev–Trinajstić information content (AvgIpc) is 2.29. The number of rotatable bonds is 7. The number of nitrogens with zero attached hydrogens (tertiary/aromatic N) is 1. The van der Waals surface area contributed by atoms with Crippen molar-refractivity contribution in [2.24, 2.45) is 5.92 Å². The molecule has 0 radical (unpaired) electrons. The summed E-state index contributed by atoms with van der Waals surface area (Å²) >= 11 is 1.96. The van der Waals surface area contributed by atoms with E-state index in [0.29, 0.717) is 0 Å². The van der Waals surface area contributed by atoms with E-state index in [1.54, 1.807) is 0 Å². The fourth-order valence-electron chi connectivity index (χ4n) is 2.39. The number of thioether (sulfide) groups is 1. The zero-order chi connectivity index (χ0) is 11.8. The minimum Gasteiger partial charge on any atom is -0.314 e. The van der Waals surface area contributed by atoms with Gasteiger partial charge in [-0.2, -0.15) is 11.8 Å². The second-order valence-corrected chi connectivity index (χ2v) is 6.00. The molecule has 0 aliphatic carbocycles. The maximum atomic E-state index is 3.73. The Morgan fingerprint density at radius 2 is 2.06 bits per heavy atom. The van der Waals surface area contributed by atoms with Gasteiger partial charge in [0.05, 0.1) is 0 Å². The Bertz CT molecular complexity index is 167. The van der Waals surface area contributed by atoms with Crippen LogP contribution in [-0.4, -0.2) is 49.1 Å². The number of nitrogens with one attached hydrogen (secondary N) is 1. The Labute approximate surface area is 106 Å². The van der Waals surface area contributed by atoms with Crippen molar-refractivity contribution in [2.75, 3.05) is 38.2 Å². The normalized spacial score (nSPS) is 21.2. The first-order valence-electron chi connectivity index (χ1n) is 6.71. The SMILES string of the molecule is CCCN1CCC(NCC(C)CSC)CC1. The van der Waals surface area contributed by atoms with Gasteiger partial charge in [-0.3, -0.25) is 0 Å². The molecule has 1 fully saturated rings. The van der Waals surface area contributed by atoms with Crippen LogP contribution in [0, 0.1) is 5.92 Å². The lowest BCUT2D eigenvalue weighted by Gasteiger charge is -2.32. The lowest BCUT2D eigenvalue weighted by atomic mass is 10.0. The van der Waals surface area contributed by atoms with Gasteiger partial charge in [0.1, 0.15) is 0 Å². The molecule has 0 amide bonds. The Balaban J connectivity index is 2.07. The molecule has 0 aromatic carbocycles. The van der Waals surface area contributed by atoms with Crippen molar-refractivity contribution in [3.05, 3.63) is 0 Å². The molecule has 1 aliphatic rings. The van der Waals surface area contributed by atoms with Crippen LogP contribution in [0.25, 0.3) is 0 Å². The van der Waals surface area contributed by atoms with Gasteiger partial charge in [-0.05, 0) is 63.4 Å². The minimum absolute atomic E-state index is 0.775. The maximum absolute atomic E-state index is 3.73. The molecule has 96 valence electrons. The summed E-state index contributed by atoms with van der Waals surface area (Å²) in [4.78, 5) is 2.60. The molecule has 0 aromatic heterocycles. The molecule has 0 aromatic rings. The predicted octanol–water partition coefficient (Wildman–Crippen LogP) is 2.45. The van der Waals surface area contributed by atoms with Gasteiger partial charge in [0.2, 0.25) is 0 Å². The molecule has 1 saturated heterocycles. The largest absolute Gasteiger partial charge is 0.314 e. The zero-order valence-corrected chi connectivity index (χ0v) is 12.0. The molecule has 3 heteroatoms. The van der Waals surface area contributed by atoms with Gasteiger partial charge in [-0.25, -0.2) is 0 Å². The van der Waals surface area contributed by atoms with Crippen LogP contribution in [0.2, 0.25) is 0 Å². The monoisotopic (exact) mass is 244 g/mol. The van der Waals surface area contributed by atoms with E-state index in [1.807, 2.05) is 11.8 Å². The second-order valence-electron chi connectivity index (χ2n) is 5.08. The van der Waals surface area contributed by atoms with Gasteiger partial charge < -0.3 is 10.2 Å². The van der Waals surface area contributed by atoms with Crippen molar-refractivity contribution < 1.29 is 0 Å². The summed E-state index contributed by atoms with van der Waals surface area (Å²) in [5.41, 5.74) is 0. The van der Waals surface area contributed by atoms with Gasteiger partial charge in [0, 0.05) is 6.04 Å². The third-order valence-electron chi connectivity index (χ3n) is 3.33. The van der Waals surface area contributed by atoms with Gasteiger partial charge in [-0.15, -0.1) is 0 Å². The molecule has 2 nitrogen and oxygen atoms in total.